The average Bonchev–Trinajstić information content (AvgIpc) is 3.20. The van der Waals surface area contributed by atoms with Crippen LogP contribution in [0.1, 0.15) is 49.3 Å². The van der Waals surface area contributed by atoms with Gasteiger partial charge in [0.15, 0.2) is 0 Å². The zero-order valence-corrected chi connectivity index (χ0v) is 16.8. The normalized spacial score (nSPS) is 18.5. The lowest BCUT2D eigenvalue weighted by atomic mass is 9.96. The number of aromatic nitrogens is 1. The van der Waals surface area contributed by atoms with Gasteiger partial charge < -0.3 is 4.74 Å². The first-order valence-corrected chi connectivity index (χ1v) is 10.5. The number of hydrogen-bond donors (Lipinski definition) is 0. The summed E-state index contributed by atoms with van der Waals surface area (Å²) in [5, 5.41) is 0. The molecule has 1 atom stereocenters. The molecule has 1 saturated carbocycles. The maximum Gasteiger partial charge on any atom is 0.213 e. The second-order valence-corrected chi connectivity index (χ2v) is 8.02. The Morgan fingerprint density at radius 2 is 1.61 bits per heavy atom. The monoisotopic (exact) mass is 422 g/mol. The fraction of sp³-hybridized carbons (Fsp3) is 0.280. The number of benzene rings is 2. The van der Waals surface area contributed by atoms with Crippen molar-refractivity contribution in [2.75, 3.05) is 0 Å². The molecule has 0 amide bonds. The number of halogens is 3. The maximum absolute atomic E-state index is 14.9. The highest BCUT2D eigenvalue weighted by atomic mass is 19.1. The molecule has 3 nitrogen and oxygen atoms in total. The zero-order valence-electron chi connectivity index (χ0n) is 16.8. The van der Waals surface area contributed by atoms with Gasteiger partial charge >= 0.3 is 0 Å². The highest BCUT2D eigenvalue weighted by Gasteiger charge is 2.26. The smallest absolute Gasteiger partial charge is 0.213 e. The molecule has 1 aliphatic carbocycles. The molecule has 158 valence electrons. The first-order valence-electron chi connectivity index (χ1n) is 10.5. The van der Waals surface area contributed by atoms with Gasteiger partial charge in [-0.25, -0.2) is 18.2 Å². The predicted octanol–water partition coefficient (Wildman–Crippen LogP) is 6.42. The minimum atomic E-state index is -0.646. The van der Waals surface area contributed by atoms with E-state index in [9.17, 15) is 13.2 Å². The molecule has 0 saturated heterocycles. The second-order valence-electron chi connectivity index (χ2n) is 8.02. The van der Waals surface area contributed by atoms with Crippen LogP contribution in [0.4, 0.5) is 13.2 Å². The van der Waals surface area contributed by atoms with Crippen molar-refractivity contribution in [2.24, 2.45) is 4.99 Å². The molecule has 31 heavy (non-hydrogen) atoms. The van der Waals surface area contributed by atoms with Crippen molar-refractivity contribution in [3.8, 4) is 17.0 Å². The third-order valence-corrected chi connectivity index (χ3v) is 5.99. The first-order chi connectivity index (χ1) is 15.1. The van der Waals surface area contributed by atoms with E-state index in [2.05, 4.69) is 9.98 Å². The topological polar surface area (TPSA) is 34.5 Å². The Balaban J connectivity index is 1.35. The molecule has 0 spiro atoms. The van der Waals surface area contributed by atoms with Crippen molar-refractivity contribution in [2.45, 2.75) is 44.2 Å². The molecule has 2 aromatic carbocycles. The van der Waals surface area contributed by atoms with E-state index in [4.69, 9.17) is 4.74 Å². The SMILES string of the molecule is Fc1cc(-c2ccc(OC3CCC3)nc2)ccc1[C@H]1CCC(c2c(F)cccc2F)=N1. The van der Waals surface area contributed by atoms with Crippen LogP contribution in [0, 0.1) is 17.5 Å². The van der Waals surface area contributed by atoms with E-state index in [1.54, 1.807) is 18.3 Å². The summed E-state index contributed by atoms with van der Waals surface area (Å²) < 4.78 is 48.8. The Morgan fingerprint density at radius 1 is 0.839 bits per heavy atom. The van der Waals surface area contributed by atoms with Gasteiger partial charge in [-0.05, 0) is 61.9 Å². The minimum absolute atomic E-state index is 0.114. The molecule has 0 N–H and O–H groups in total. The van der Waals surface area contributed by atoms with E-state index >= 15 is 0 Å². The molecule has 2 heterocycles. The molecule has 2 aliphatic rings. The predicted molar refractivity (Wildman–Crippen MR) is 113 cm³/mol. The third kappa shape index (κ3) is 3.94. The van der Waals surface area contributed by atoms with Crippen LogP contribution in [-0.4, -0.2) is 16.8 Å². The highest BCUT2D eigenvalue weighted by Crippen LogP contribution is 2.35. The van der Waals surface area contributed by atoms with Crippen LogP contribution in [0.5, 0.6) is 5.88 Å². The van der Waals surface area contributed by atoms with Crippen molar-refractivity contribution < 1.29 is 17.9 Å². The van der Waals surface area contributed by atoms with Crippen molar-refractivity contribution >= 4 is 5.71 Å². The van der Waals surface area contributed by atoms with E-state index in [0.717, 1.165) is 18.4 Å². The quantitative estimate of drug-likeness (QED) is 0.475. The molecule has 6 heteroatoms. The van der Waals surface area contributed by atoms with Gasteiger partial charge in [0.2, 0.25) is 5.88 Å². The van der Waals surface area contributed by atoms with Crippen molar-refractivity contribution in [1.82, 2.24) is 4.98 Å². The number of hydrogen-bond acceptors (Lipinski definition) is 3. The van der Waals surface area contributed by atoms with Crippen LogP contribution in [0.25, 0.3) is 11.1 Å². The van der Waals surface area contributed by atoms with E-state index in [1.165, 1.54) is 30.7 Å². The summed E-state index contributed by atoms with van der Waals surface area (Å²) in [7, 11) is 0. The summed E-state index contributed by atoms with van der Waals surface area (Å²) in [4.78, 5) is 8.76. The number of pyridine rings is 1. The van der Waals surface area contributed by atoms with Crippen LogP contribution in [0.2, 0.25) is 0 Å². The van der Waals surface area contributed by atoms with Gasteiger partial charge in [-0.2, -0.15) is 0 Å². The summed E-state index contributed by atoms with van der Waals surface area (Å²) in [5.74, 6) is -1.10. The van der Waals surface area contributed by atoms with E-state index in [1.807, 2.05) is 12.1 Å². The van der Waals surface area contributed by atoms with Crippen LogP contribution >= 0.6 is 0 Å². The Morgan fingerprint density at radius 3 is 2.26 bits per heavy atom. The molecule has 0 unspecified atom stereocenters. The van der Waals surface area contributed by atoms with Crippen LogP contribution in [0.15, 0.2) is 59.7 Å². The number of rotatable bonds is 5. The summed E-state index contributed by atoms with van der Waals surface area (Å²) >= 11 is 0. The van der Waals surface area contributed by atoms with Crippen molar-refractivity contribution in [3.63, 3.8) is 0 Å². The Labute approximate surface area is 178 Å². The van der Waals surface area contributed by atoms with E-state index in [0.29, 0.717) is 35.6 Å². The van der Waals surface area contributed by atoms with Crippen LogP contribution < -0.4 is 4.74 Å². The van der Waals surface area contributed by atoms with Gasteiger partial charge in [0, 0.05) is 29.1 Å². The minimum Gasteiger partial charge on any atom is -0.474 e. The number of nitrogens with zero attached hydrogens (tertiary/aromatic N) is 2. The zero-order chi connectivity index (χ0) is 21.4. The van der Waals surface area contributed by atoms with E-state index in [-0.39, 0.29) is 11.7 Å². The molecule has 1 aliphatic heterocycles. The molecule has 0 bridgehead atoms. The third-order valence-electron chi connectivity index (χ3n) is 5.99. The van der Waals surface area contributed by atoms with Gasteiger partial charge in [-0.1, -0.05) is 18.2 Å². The molecule has 3 aromatic rings. The highest BCUT2D eigenvalue weighted by molar-refractivity contribution is 6.02. The van der Waals surface area contributed by atoms with Gasteiger partial charge in [0.1, 0.15) is 23.6 Å². The molecular weight excluding hydrogens is 401 g/mol. The maximum atomic E-state index is 14.9. The van der Waals surface area contributed by atoms with Gasteiger partial charge in [0.05, 0.1) is 11.6 Å². The lowest BCUT2D eigenvalue weighted by molar-refractivity contribution is 0.114. The summed E-state index contributed by atoms with van der Waals surface area (Å²) in [6.45, 7) is 0. The van der Waals surface area contributed by atoms with Gasteiger partial charge in [0.25, 0.3) is 0 Å². The fourth-order valence-electron chi connectivity index (χ4n) is 4.04. The lowest BCUT2D eigenvalue weighted by Gasteiger charge is -2.25. The fourth-order valence-corrected chi connectivity index (χ4v) is 4.04. The van der Waals surface area contributed by atoms with Crippen LogP contribution in [0.3, 0.4) is 0 Å². The van der Waals surface area contributed by atoms with Gasteiger partial charge in [-0.15, -0.1) is 0 Å². The molecule has 1 fully saturated rings. The second kappa shape index (κ2) is 8.17. The number of ether oxygens (including phenoxy) is 1. The first kappa shape index (κ1) is 19.8. The molecule has 5 rings (SSSR count). The molecule has 0 radical (unpaired) electrons. The lowest BCUT2D eigenvalue weighted by Crippen LogP contribution is -2.24. The standard InChI is InChI=1S/C25H21F3N2O/c26-19-5-2-6-20(27)25(19)23-11-10-22(30-23)18-9-7-15(13-21(18)28)16-8-12-24(29-14-16)31-17-3-1-4-17/h2,5-9,12-14,17,22H,1,3-4,10-11H2/t22-/m1/s1. The average molecular weight is 422 g/mol. The largest absolute Gasteiger partial charge is 0.474 e. The summed E-state index contributed by atoms with van der Waals surface area (Å²) in [5.41, 5.74) is 2.14. The van der Waals surface area contributed by atoms with Gasteiger partial charge in [-0.3, -0.25) is 4.99 Å². The summed E-state index contributed by atoms with van der Waals surface area (Å²) in [6, 6.07) is 11.9. The Hall–Kier alpha value is -3.15. The van der Waals surface area contributed by atoms with Crippen molar-refractivity contribution in [3.05, 3.63) is 83.3 Å². The Kier molecular flexibility index (Phi) is 5.22. The Bertz CT molecular complexity index is 1120. The van der Waals surface area contributed by atoms with Crippen LogP contribution in [-0.2, 0) is 0 Å². The number of aliphatic imine (C=N–C) groups is 1. The van der Waals surface area contributed by atoms with E-state index < -0.39 is 23.5 Å². The summed E-state index contributed by atoms with van der Waals surface area (Å²) in [6.07, 6.45) is 6.15. The molecule has 1 aromatic heterocycles. The molecular formula is C25H21F3N2O. The van der Waals surface area contributed by atoms with Crippen molar-refractivity contribution in [1.29, 1.82) is 0 Å².